The second-order valence-electron chi connectivity index (χ2n) is 5.69. The van der Waals surface area contributed by atoms with E-state index in [4.69, 9.17) is 0 Å². The lowest BCUT2D eigenvalue weighted by Crippen LogP contribution is -2.42. The highest BCUT2D eigenvalue weighted by Gasteiger charge is 2.24. The molecule has 0 saturated carbocycles. The first-order chi connectivity index (χ1) is 9.10. The number of benzene rings is 1. The quantitative estimate of drug-likeness (QED) is 0.905. The normalized spacial score (nSPS) is 19.5. The van der Waals surface area contributed by atoms with Crippen molar-refractivity contribution in [2.24, 2.45) is 5.92 Å². The van der Waals surface area contributed by atoms with Crippen LogP contribution in [-0.4, -0.2) is 37.5 Å². The fourth-order valence-electron chi connectivity index (χ4n) is 2.99. The molecule has 1 unspecified atom stereocenters. The van der Waals surface area contributed by atoms with Gasteiger partial charge in [0.2, 0.25) is 0 Å². The topological polar surface area (TPSA) is 32.3 Å². The van der Waals surface area contributed by atoms with Crippen molar-refractivity contribution in [3.8, 4) is 0 Å². The third-order valence-corrected chi connectivity index (χ3v) is 3.77. The summed E-state index contributed by atoms with van der Waals surface area (Å²) >= 11 is 0. The van der Waals surface area contributed by atoms with Gasteiger partial charge in [-0.05, 0) is 58.3 Å². The summed E-state index contributed by atoms with van der Waals surface area (Å²) in [4.78, 5) is 14.6. The lowest BCUT2D eigenvalue weighted by molar-refractivity contribution is 0.0674. The van der Waals surface area contributed by atoms with Crippen molar-refractivity contribution < 1.29 is 4.79 Å². The zero-order chi connectivity index (χ0) is 13.8. The minimum Gasteiger partial charge on any atom is -0.338 e. The number of nitrogens with zero attached hydrogens (tertiary/aromatic N) is 1. The molecule has 1 aliphatic rings. The zero-order valence-corrected chi connectivity index (χ0v) is 12.2. The van der Waals surface area contributed by atoms with E-state index in [9.17, 15) is 4.79 Å². The Bertz CT molecular complexity index is 434. The van der Waals surface area contributed by atoms with Gasteiger partial charge in [-0.2, -0.15) is 0 Å². The Morgan fingerprint density at radius 1 is 1.32 bits per heavy atom. The number of piperidine rings is 1. The molecule has 1 aromatic carbocycles. The lowest BCUT2D eigenvalue weighted by atomic mass is 9.97. The smallest absolute Gasteiger partial charge is 0.253 e. The van der Waals surface area contributed by atoms with Gasteiger partial charge >= 0.3 is 0 Å². The Morgan fingerprint density at radius 2 is 2.00 bits per heavy atom. The molecular formula is C16H24N2O. The molecule has 0 spiro atoms. The number of hydrogen-bond acceptors (Lipinski definition) is 2. The Labute approximate surface area is 116 Å². The van der Waals surface area contributed by atoms with E-state index in [2.05, 4.69) is 11.4 Å². The minimum atomic E-state index is 0.188. The van der Waals surface area contributed by atoms with Crippen molar-refractivity contribution in [2.45, 2.75) is 26.7 Å². The van der Waals surface area contributed by atoms with Gasteiger partial charge in [0.25, 0.3) is 5.91 Å². The molecule has 0 aromatic heterocycles. The molecule has 3 heteroatoms. The molecule has 1 heterocycles. The van der Waals surface area contributed by atoms with Crippen LogP contribution < -0.4 is 5.32 Å². The summed E-state index contributed by atoms with van der Waals surface area (Å²) in [6.45, 7) is 6.86. The van der Waals surface area contributed by atoms with Crippen LogP contribution in [0.1, 0.15) is 34.3 Å². The van der Waals surface area contributed by atoms with Crippen molar-refractivity contribution in [1.82, 2.24) is 10.2 Å². The van der Waals surface area contributed by atoms with Crippen LogP contribution in [0.2, 0.25) is 0 Å². The highest BCUT2D eigenvalue weighted by molar-refractivity contribution is 5.94. The molecule has 1 saturated heterocycles. The predicted octanol–water partition coefficient (Wildman–Crippen LogP) is 2.38. The summed E-state index contributed by atoms with van der Waals surface area (Å²) in [6.07, 6.45) is 2.33. The fraction of sp³-hybridized carbons (Fsp3) is 0.562. The van der Waals surface area contributed by atoms with Gasteiger partial charge in [0, 0.05) is 18.7 Å². The summed E-state index contributed by atoms with van der Waals surface area (Å²) < 4.78 is 0. The molecule has 1 aliphatic heterocycles. The first-order valence-electron chi connectivity index (χ1n) is 7.12. The third-order valence-electron chi connectivity index (χ3n) is 3.77. The maximum atomic E-state index is 12.6. The van der Waals surface area contributed by atoms with Gasteiger partial charge in [0.05, 0.1) is 0 Å². The van der Waals surface area contributed by atoms with Gasteiger partial charge in [0.15, 0.2) is 0 Å². The van der Waals surface area contributed by atoms with E-state index >= 15 is 0 Å². The van der Waals surface area contributed by atoms with Crippen LogP contribution in [0.5, 0.6) is 0 Å². The molecule has 19 heavy (non-hydrogen) atoms. The summed E-state index contributed by atoms with van der Waals surface area (Å²) in [5.74, 6) is 0.779. The lowest BCUT2D eigenvalue weighted by Gasteiger charge is -2.33. The number of carbonyl (C=O) groups excluding carboxylic acids is 1. The first kappa shape index (κ1) is 14.1. The molecule has 104 valence electrons. The molecule has 0 bridgehead atoms. The first-order valence-corrected chi connectivity index (χ1v) is 7.12. The Kier molecular flexibility index (Phi) is 4.59. The highest BCUT2D eigenvalue weighted by Crippen LogP contribution is 2.19. The van der Waals surface area contributed by atoms with E-state index in [1.807, 2.05) is 37.9 Å². The van der Waals surface area contributed by atoms with Crippen LogP contribution >= 0.6 is 0 Å². The molecule has 1 atom stereocenters. The monoisotopic (exact) mass is 260 g/mol. The zero-order valence-electron chi connectivity index (χ0n) is 12.2. The van der Waals surface area contributed by atoms with E-state index in [0.717, 1.165) is 42.7 Å². The number of likely N-dealkylation sites (tertiary alicyclic amines) is 1. The van der Waals surface area contributed by atoms with Crippen molar-refractivity contribution in [2.75, 3.05) is 26.7 Å². The molecule has 0 aliphatic carbocycles. The minimum absolute atomic E-state index is 0.188. The maximum absolute atomic E-state index is 12.6. The average molecular weight is 260 g/mol. The molecule has 1 aromatic rings. The van der Waals surface area contributed by atoms with Crippen LogP contribution in [0.3, 0.4) is 0 Å². The van der Waals surface area contributed by atoms with Gasteiger partial charge in [-0.3, -0.25) is 4.79 Å². The molecule has 1 N–H and O–H groups in total. The number of carbonyl (C=O) groups is 1. The number of rotatable bonds is 3. The summed E-state index contributed by atoms with van der Waals surface area (Å²) in [5, 5.41) is 3.22. The SMILES string of the molecule is CNCC1CCCN(C(=O)c2cc(C)cc(C)c2)C1. The van der Waals surface area contributed by atoms with Gasteiger partial charge in [-0.15, -0.1) is 0 Å². The average Bonchev–Trinajstić information content (AvgIpc) is 2.37. The predicted molar refractivity (Wildman–Crippen MR) is 78.5 cm³/mol. The van der Waals surface area contributed by atoms with Crippen molar-refractivity contribution in [1.29, 1.82) is 0 Å². The van der Waals surface area contributed by atoms with Crippen LogP contribution in [0, 0.1) is 19.8 Å². The van der Waals surface area contributed by atoms with Crippen LogP contribution in [0.15, 0.2) is 18.2 Å². The van der Waals surface area contributed by atoms with E-state index < -0.39 is 0 Å². The van der Waals surface area contributed by atoms with E-state index in [0.29, 0.717) is 5.92 Å². The maximum Gasteiger partial charge on any atom is 0.253 e. The Hall–Kier alpha value is -1.35. The van der Waals surface area contributed by atoms with Crippen molar-refractivity contribution in [3.63, 3.8) is 0 Å². The number of aryl methyl sites for hydroxylation is 2. The molecular weight excluding hydrogens is 236 g/mol. The number of hydrogen-bond donors (Lipinski definition) is 1. The summed E-state index contributed by atoms with van der Waals surface area (Å²) in [7, 11) is 1.98. The van der Waals surface area contributed by atoms with Crippen LogP contribution in [-0.2, 0) is 0 Å². The van der Waals surface area contributed by atoms with E-state index in [-0.39, 0.29) is 5.91 Å². The van der Waals surface area contributed by atoms with Gasteiger partial charge in [0.1, 0.15) is 0 Å². The molecule has 1 amide bonds. The second kappa shape index (κ2) is 6.20. The summed E-state index contributed by atoms with van der Waals surface area (Å²) in [6, 6.07) is 6.10. The second-order valence-corrected chi connectivity index (χ2v) is 5.69. The van der Waals surface area contributed by atoms with Gasteiger partial charge in [-0.25, -0.2) is 0 Å². The molecule has 0 radical (unpaired) electrons. The van der Waals surface area contributed by atoms with Crippen LogP contribution in [0.25, 0.3) is 0 Å². The van der Waals surface area contributed by atoms with Crippen molar-refractivity contribution in [3.05, 3.63) is 34.9 Å². The Morgan fingerprint density at radius 3 is 2.63 bits per heavy atom. The Balaban J connectivity index is 2.10. The van der Waals surface area contributed by atoms with E-state index in [1.165, 1.54) is 6.42 Å². The third kappa shape index (κ3) is 3.57. The van der Waals surface area contributed by atoms with Crippen LogP contribution in [0.4, 0.5) is 0 Å². The molecule has 3 nitrogen and oxygen atoms in total. The fourth-order valence-corrected chi connectivity index (χ4v) is 2.99. The standard InChI is InChI=1S/C16H24N2O/c1-12-7-13(2)9-15(8-12)16(19)18-6-4-5-14(11-18)10-17-3/h7-9,14,17H,4-6,10-11H2,1-3H3. The highest BCUT2D eigenvalue weighted by atomic mass is 16.2. The number of nitrogens with one attached hydrogen (secondary N) is 1. The number of amides is 1. The van der Waals surface area contributed by atoms with Crippen molar-refractivity contribution >= 4 is 5.91 Å². The molecule has 1 fully saturated rings. The van der Waals surface area contributed by atoms with Gasteiger partial charge in [-0.1, -0.05) is 17.2 Å². The molecule has 2 rings (SSSR count). The summed E-state index contributed by atoms with van der Waals surface area (Å²) in [5.41, 5.74) is 3.15. The largest absolute Gasteiger partial charge is 0.338 e. The van der Waals surface area contributed by atoms with Gasteiger partial charge < -0.3 is 10.2 Å². The van der Waals surface area contributed by atoms with E-state index in [1.54, 1.807) is 0 Å².